The van der Waals surface area contributed by atoms with Crippen molar-refractivity contribution >= 4 is 29.9 Å². The summed E-state index contributed by atoms with van der Waals surface area (Å²) < 4.78 is 13.5. The Morgan fingerprint density at radius 2 is 2.19 bits per heavy atom. The van der Waals surface area contributed by atoms with Gasteiger partial charge >= 0.3 is 0 Å². The second-order valence-electron chi connectivity index (χ2n) is 7.54. The Balaban J connectivity index is 0.00000341. The van der Waals surface area contributed by atoms with Gasteiger partial charge in [-0.25, -0.2) is 0 Å². The number of aromatic nitrogens is 3. The Bertz CT molecular complexity index is 807. The van der Waals surface area contributed by atoms with E-state index in [4.69, 9.17) is 14.5 Å². The number of benzene rings is 1. The molecule has 0 amide bonds. The maximum Gasteiger partial charge on any atom is 0.194 e. The summed E-state index contributed by atoms with van der Waals surface area (Å²) in [5.74, 6) is 2.74. The van der Waals surface area contributed by atoms with Crippen LogP contribution in [0.5, 0.6) is 5.75 Å². The molecule has 1 aliphatic heterocycles. The van der Waals surface area contributed by atoms with Crippen LogP contribution in [0.15, 0.2) is 35.6 Å². The predicted octanol–water partition coefficient (Wildman–Crippen LogP) is 3.11. The molecule has 1 aliphatic rings. The van der Waals surface area contributed by atoms with E-state index in [-0.39, 0.29) is 30.1 Å². The molecule has 0 bridgehead atoms. The normalized spacial score (nSPS) is 16.5. The van der Waals surface area contributed by atoms with Crippen LogP contribution in [-0.4, -0.2) is 65.6 Å². The molecule has 1 N–H and O–H groups in total. The quantitative estimate of drug-likeness (QED) is 0.298. The number of hydrogen-bond donors (Lipinski definition) is 1. The van der Waals surface area contributed by atoms with Gasteiger partial charge in [0.2, 0.25) is 0 Å². The smallest absolute Gasteiger partial charge is 0.194 e. The molecule has 3 rings (SSSR count). The molecule has 172 valence electrons. The van der Waals surface area contributed by atoms with Crippen LogP contribution in [-0.2, 0) is 24.2 Å². The van der Waals surface area contributed by atoms with Crippen molar-refractivity contribution in [1.82, 2.24) is 25.0 Å². The number of halogens is 1. The van der Waals surface area contributed by atoms with E-state index in [1.54, 1.807) is 13.4 Å². The maximum absolute atomic E-state index is 5.86. The van der Waals surface area contributed by atoms with Crippen molar-refractivity contribution in [3.8, 4) is 5.75 Å². The maximum atomic E-state index is 5.86. The molecular formula is C22H35IN6O2. The summed E-state index contributed by atoms with van der Waals surface area (Å²) in [6, 6.07) is 8.09. The molecule has 1 unspecified atom stereocenters. The summed E-state index contributed by atoms with van der Waals surface area (Å²) in [5.41, 5.74) is 1.12. The van der Waals surface area contributed by atoms with Gasteiger partial charge in [-0.3, -0.25) is 4.99 Å². The molecule has 0 radical (unpaired) electrons. The molecule has 2 aromatic rings. The first-order chi connectivity index (χ1) is 14.7. The van der Waals surface area contributed by atoms with Gasteiger partial charge in [-0.15, -0.1) is 34.2 Å². The second-order valence-corrected chi connectivity index (χ2v) is 7.54. The van der Waals surface area contributed by atoms with Crippen LogP contribution in [0, 0.1) is 0 Å². The average molecular weight is 542 g/mol. The number of para-hydroxylation sites is 1. The van der Waals surface area contributed by atoms with Crippen LogP contribution in [0.3, 0.4) is 0 Å². The lowest BCUT2D eigenvalue weighted by Gasteiger charge is -2.25. The summed E-state index contributed by atoms with van der Waals surface area (Å²) in [7, 11) is 3.76. The van der Waals surface area contributed by atoms with E-state index < -0.39 is 0 Å². The predicted molar refractivity (Wildman–Crippen MR) is 133 cm³/mol. The minimum Gasteiger partial charge on any atom is -0.496 e. The number of ether oxygens (including phenoxy) is 2. The van der Waals surface area contributed by atoms with Gasteiger partial charge in [0.25, 0.3) is 0 Å². The first-order valence-electron chi connectivity index (χ1n) is 10.8. The van der Waals surface area contributed by atoms with Crippen molar-refractivity contribution in [3.05, 3.63) is 42.0 Å². The Morgan fingerprint density at radius 3 is 2.94 bits per heavy atom. The summed E-state index contributed by atoms with van der Waals surface area (Å²) in [6.45, 7) is 5.84. The lowest BCUT2D eigenvalue weighted by Crippen LogP contribution is -2.41. The number of aryl methyl sites for hydroxylation is 1. The van der Waals surface area contributed by atoms with Gasteiger partial charge in [0.15, 0.2) is 5.96 Å². The van der Waals surface area contributed by atoms with Crippen LogP contribution < -0.4 is 10.1 Å². The Hall–Kier alpha value is -1.88. The summed E-state index contributed by atoms with van der Waals surface area (Å²) in [4.78, 5) is 7.02. The van der Waals surface area contributed by atoms with Crippen LogP contribution in [0.4, 0.5) is 0 Å². The number of nitrogens with one attached hydrogen (secondary N) is 1. The SMILES string of the molecule is CCc1nncn1CCNC(=NCC1CCCCO1)N(C)Cc1ccccc1OC.I. The summed E-state index contributed by atoms with van der Waals surface area (Å²) >= 11 is 0. The highest BCUT2D eigenvalue weighted by atomic mass is 127. The minimum atomic E-state index is 0. The standard InChI is InChI=1S/C22H34N6O2.HI/c1-4-21-26-25-17-28(21)13-12-23-22(24-15-19-10-7-8-14-30-19)27(2)16-18-9-5-6-11-20(18)29-3;/h5-6,9,11,17,19H,4,7-8,10,12-16H2,1-3H3,(H,23,24);1H. The number of methoxy groups -OCH3 is 1. The van der Waals surface area contributed by atoms with Gasteiger partial charge in [0.1, 0.15) is 17.9 Å². The number of nitrogens with zero attached hydrogens (tertiary/aromatic N) is 5. The molecule has 2 heterocycles. The molecule has 31 heavy (non-hydrogen) atoms. The fourth-order valence-electron chi connectivity index (χ4n) is 3.64. The molecule has 1 saturated heterocycles. The highest BCUT2D eigenvalue weighted by Crippen LogP contribution is 2.19. The number of hydrogen-bond acceptors (Lipinski definition) is 5. The third kappa shape index (κ3) is 7.64. The fourth-order valence-corrected chi connectivity index (χ4v) is 3.64. The molecule has 0 spiro atoms. The third-order valence-corrected chi connectivity index (χ3v) is 5.33. The Morgan fingerprint density at radius 1 is 1.35 bits per heavy atom. The van der Waals surface area contributed by atoms with E-state index in [0.29, 0.717) is 13.1 Å². The molecular weight excluding hydrogens is 507 g/mol. The zero-order chi connectivity index (χ0) is 21.2. The van der Waals surface area contributed by atoms with Crippen molar-refractivity contribution in [2.24, 2.45) is 4.99 Å². The lowest BCUT2D eigenvalue weighted by molar-refractivity contribution is 0.0223. The Labute approximate surface area is 202 Å². The van der Waals surface area contributed by atoms with Crippen LogP contribution >= 0.6 is 24.0 Å². The van der Waals surface area contributed by atoms with Gasteiger partial charge < -0.3 is 24.3 Å². The highest BCUT2D eigenvalue weighted by molar-refractivity contribution is 14.0. The molecule has 1 atom stereocenters. The van der Waals surface area contributed by atoms with E-state index in [1.165, 1.54) is 6.42 Å². The van der Waals surface area contributed by atoms with E-state index in [0.717, 1.165) is 62.1 Å². The summed E-state index contributed by atoms with van der Waals surface area (Å²) in [6.07, 6.45) is 6.30. The van der Waals surface area contributed by atoms with E-state index in [9.17, 15) is 0 Å². The van der Waals surface area contributed by atoms with Crippen LogP contribution in [0.1, 0.15) is 37.6 Å². The molecule has 0 saturated carbocycles. The number of guanidine groups is 1. The Kier molecular flexibility index (Phi) is 11.1. The van der Waals surface area contributed by atoms with Gasteiger partial charge in [-0.2, -0.15) is 0 Å². The zero-order valence-corrected chi connectivity index (χ0v) is 21.1. The highest BCUT2D eigenvalue weighted by Gasteiger charge is 2.15. The molecule has 0 aliphatic carbocycles. The first-order valence-corrected chi connectivity index (χ1v) is 10.8. The first kappa shape index (κ1) is 25.4. The van der Waals surface area contributed by atoms with Crippen molar-refractivity contribution in [3.63, 3.8) is 0 Å². The molecule has 9 heteroatoms. The van der Waals surface area contributed by atoms with E-state index >= 15 is 0 Å². The van der Waals surface area contributed by atoms with Crippen molar-refractivity contribution < 1.29 is 9.47 Å². The van der Waals surface area contributed by atoms with Gasteiger partial charge in [0, 0.05) is 45.3 Å². The van der Waals surface area contributed by atoms with Gasteiger partial charge in [-0.05, 0) is 25.3 Å². The monoisotopic (exact) mass is 542 g/mol. The summed E-state index contributed by atoms with van der Waals surface area (Å²) in [5, 5.41) is 11.7. The molecule has 1 aromatic carbocycles. The second kappa shape index (κ2) is 13.5. The van der Waals surface area contributed by atoms with Crippen molar-refractivity contribution in [2.45, 2.75) is 51.8 Å². The average Bonchev–Trinajstić information content (AvgIpc) is 3.24. The third-order valence-electron chi connectivity index (χ3n) is 5.33. The van der Waals surface area contributed by atoms with Crippen molar-refractivity contribution in [2.75, 3.05) is 33.9 Å². The fraction of sp³-hybridized carbons (Fsp3) is 0.591. The number of aliphatic imine (C=N–C) groups is 1. The molecule has 8 nitrogen and oxygen atoms in total. The largest absolute Gasteiger partial charge is 0.496 e. The molecule has 1 fully saturated rings. The zero-order valence-electron chi connectivity index (χ0n) is 18.8. The van der Waals surface area contributed by atoms with Gasteiger partial charge in [0.05, 0.1) is 19.8 Å². The van der Waals surface area contributed by atoms with Crippen molar-refractivity contribution in [1.29, 1.82) is 0 Å². The topological polar surface area (TPSA) is 76.8 Å². The lowest BCUT2D eigenvalue weighted by atomic mass is 10.1. The van der Waals surface area contributed by atoms with E-state index in [2.05, 4.69) is 45.0 Å². The number of rotatable bonds is 9. The van der Waals surface area contributed by atoms with E-state index in [1.807, 2.05) is 18.2 Å². The van der Waals surface area contributed by atoms with Gasteiger partial charge in [-0.1, -0.05) is 25.1 Å². The minimum absolute atomic E-state index is 0. The van der Waals surface area contributed by atoms with Crippen LogP contribution in [0.2, 0.25) is 0 Å². The van der Waals surface area contributed by atoms with Crippen LogP contribution in [0.25, 0.3) is 0 Å². The molecule has 1 aromatic heterocycles.